The number of halogens is 1. The van der Waals surface area contributed by atoms with Crippen LogP contribution in [0, 0.1) is 0 Å². The first-order valence-electron chi connectivity index (χ1n) is 8.96. The summed E-state index contributed by atoms with van der Waals surface area (Å²) in [5.74, 6) is 1.44. The Morgan fingerprint density at radius 1 is 1.00 bits per heavy atom. The Hall–Kier alpha value is -2.49. The molecule has 0 aromatic heterocycles. The van der Waals surface area contributed by atoms with Crippen LogP contribution < -0.4 is 20.7 Å². The molecule has 152 valence electrons. The lowest BCUT2D eigenvalue weighted by Gasteiger charge is -2.12. The van der Waals surface area contributed by atoms with Gasteiger partial charge >= 0.3 is 0 Å². The smallest absolute Gasteiger partial charge is 0.251 e. The van der Waals surface area contributed by atoms with Crippen molar-refractivity contribution in [1.82, 2.24) is 16.0 Å². The summed E-state index contributed by atoms with van der Waals surface area (Å²) in [6.07, 6.45) is 0. The largest absolute Gasteiger partial charge is 0.508 e. The van der Waals surface area contributed by atoms with E-state index in [1.807, 2.05) is 37.3 Å². The first kappa shape index (κ1) is 23.5. The molecule has 0 aliphatic rings. The van der Waals surface area contributed by atoms with Crippen molar-refractivity contribution in [1.29, 1.82) is 0 Å². The van der Waals surface area contributed by atoms with Gasteiger partial charge in [-0.1, -0.05) is 18.2 Å². The van der Waals surface area contributed by atoms with Gasteiger partial charge in [0.25, 0.3) is 5.91 Å². The molecule has 0 heterocycles. The van der Waals surface area contributed by atoms with Gasteiger partial charge in [0.15, 0.2) is 5.96 Å². The Labute approximate surface area is 182 Å². The van der Waals surface area contributed by atoms with Gasteiger partial charge in [0.2, 0.25) is 0 Å². The number of hydrogen-bond donors (Lipinski definition) is 4. The molecule has 0 aliphatic carbocycles. The third-order valence-electron chi connectivity index (χ3n) is 3.55. The van der Waals surface area contributed by atoms with E-state index in [0.29, 0.717) is 37.8 Å². The van der Waals surface area contributed by atoms with Crippen molar-refractivity contribution in [2.75, 3.05) is 32.8 Å². The van der Waals surface area contributed by atoms with Crippen LogP contribution in [0.2, 0.25) is 0 Å². The minimum atomic E-state index is -0.195. The number of aliphatic imine (C=N–C) groups is 1. The Bertz CT molecular complexity index is 724. The van der Waals surface area contributed by atoms with Crippen LogP contribution >= 0.6 is 24.0 Å². The van der Waals surface area contributed by atoms with E-state index in [-0.39, 0.29) is 35.6 Å². The zero-order chi connectivity index (χ0) is 19.3. The number of amides is 1. The highest BCUT2D eigenvalue weighted by molar-refractivity contribution is 14.0. The summed E-state index contributed by atoms with van der Waals surface area (Å²) in [5, 5.41) is 18.4. The molecule has 4 N–H and O–H groups in total. The number of carbonyl (C=O) groups excluding carboxylic acids is 1. The van der Waals surface area contributed by atoms with E-state index in [2.05, 4.69) is 20.9 Å². The predicted octanol–water partition coefficient (Wildman–Crippen LogP) is 2.37. The van der Waals surface area contributed by atoms with Gasteiger partial charge in [-0.15, -0.1) is 24.0 Å². The highest BCUT2D eigenvalue weighted by Gasteiger charge is 2.04. The van der Waals surface area contributed by atoms with Crippen molar-refractivity contribution < 1.29 is 14.6 Å². The fourth-order valence-corrected chi connectivity index (χ4v) is 2.25. The molecule has 28 heavy (non-hydrogen) atoms. The van der Waals surface area contributed by atoms with Gasteiger partial charge in [0.1, 0.15) is 18.1 Å². The van der Waals surface area contributed by atoms with Gasteiger partial charge in [-0.25, -0.2) is 0 Å². The van der Waals surface area contributed by atoms with Crippen molar-refractivity contribution in [3.8, 4) is 11.5 Å². The number of guanidine groups is 1. The van der Waals surface area contributed by atoms with E-state index in [1.165, 1.54) is 12.1 Å². The molecule has 2 aromatic carbocycles. The number of nitrogens with one attached hydrogen (secondary N) is 3. The van der Waals surface area contributed by atoms with E-state index < -0.39 is 0 Å². The van der Waals surface area contributed by atoms with Crippen LogP contribution in [0.15, 0.2) is 59.6 Å². The van der Waals surface area contributed by atoms with Crippen LogP contribution in [0.1, 0.15) is 17.3 Å². The number of benzene rings is 2. The Balaban J connectivity index is 0.00000392. The number of ether oxygens (including phenoxy) is 1. The molecular weight excluding hydrogens is 471 g/mol. The molecule has 0 saturated carbocycles. The van der Waals surface area contributed by atoms with Crippen LogP contribution in [-0.2, 0) is 0 Å². The number of aromatic hydroxyl groups is 1. The second-order valence-corrected chi connectivity index (χ2v) is 5.65. The molecule has 0 aliphatic heterocycles. The second-order valence-electron chi connectivity index (χ2n) is 5.65. The van der Waals surface area contributed by atoms with E-state index >= 15 is 0 Å². The van der Waals surface area contributed by atoms with E-state index in [9.17, 15) is 9.90 Å². The molecule has 0 unspecified atom stereocenters. The van der Waals surface area contributed by atoms with E-state index in [4.69, 9.17) is 4.74 Å². The summed E-state index contributed by atoms with van der Waals surface area (Å²) in [6.45, 7) is 4.72. The lowest BCUT2D eigenvalue weighted by atomic mass is 10.2. The van der Waals surface area contributed by atoms with Crippen molar-refractivity contribution in [3.63, 3.8) is 0 Å². The molecule has 0 atom stereocenters. The first-order chi connectivity index (χ1) is 13.2. The number of nitrogens with zero attached hydrogens (tertiary/aromatic N) is 1. The standard InChI is InChI=1S/C20H26N4O3.HI/c1-2-21-20(24-14-15-27-18-6-4-3-5-7-18)23-13-12-22-19(26)16-8-10-17(25)11-9-16;/h3-11,25H,2,12-15H2,1H3,(H,22,26)(H2,21,23,24);1H. The number of phenolic OH excluding ortho intramolecular Hbond substituents is 1. The van der Waals surface area contributed by atoms with Gasteiger partial charge in [-0.3, -0.25) is 9.79 Å². The van der Waals surface area contributed by atoms with Crippen molar-refractivity contribution >= 4 is 35.8 Å². The van der Waals surface area contributed by atoms with Gasteiger partial charge in [0, 0.05) is 18.7 Å². The molecule has 1 amide bonds. The lowest BCUT2D eigenvalue weighted by molar-refractivity contribution is 0.0955. The fraction of sp³-hybridized carbons (Fsp3) is 0.300. The van der Waals surface area contributed by atoms with Crippen molar-refractivity contribution in [3.05, 3.63) is 60.2 Å². The third-order valence-corrected chi connectivity index (χ3v) is 3.55. The van der Waals surface area contributed by atoms with E-state index in [1.54, 1.807) is 12.1 Å². The zero-order valence-corrected chi connectivity index (χ0v) is 18.2. The molecular formula is C20H27IN4O3. The number of hydrogen-bond acceptors (Lipinski definition) is 4. The van der Waals surface area contributed by atoms with Crippen LogP contribution in [0.3, 0.4) is 0 Å². The average Bonchev–Trinajstić information content (AvgIpc) is 2.69. The third kappa shape index (κ3) is 8.94. The Morgan fingerprint density at radius 2 is 1.71 bits per heavy atom. The summed E-state index contributed by atoms with van der Waals surface area (Å²) in [7, 11) is 0. The summed E-state index contributed by atoms with van der Waals surface area (Å²) < 4.78 is 5.63. The molecule has 0 spiro atoms. The summed E-state index contributed by atoms with van der Waals surface area (Å²) in [5.41, 5.74) is 0.500. The SMILES string of the molecule is CCNC(=NCCNC(=O)c1ccc(O)cc1)NCCOc1ccccc1.I. The number of carbonyl (C=O) groups is 1. The maximum atomic E-state index is 12.0. The second kappa shape index (κ2) is 13.6. The van der Waals surface area contributed by atoms with Crippen LogP contribution in [0.5, 0.6) is 11.5 Å². The molecule has 2 aromatic rings. The highest BCUT2D eigenvalue weighted by atomic mass is 127. The molecule has 7 nitrogen and oxygen atoms in total. The number of rotatable bonds is 9. The quantitative estimate of drug-likeness (QED) is 0.184. The molecule has 8 heteroatoms. The van der Waals surface area contributed by atoms with Gasteiger partial charge < -0.3 is 25.8 Å². The molecule has 2 rings (SSSR count). The van der Waals surface area contributed by atoms with E-state index in [0.717, 1.165) is 12.3 Å². The predicted molar refractivity (Wildman–Crippen MR) is 122 cm³/mol. The van der Waals surface area contributed by atoms with Crippen LogP contribution in [0.25, 0.3) is 0 Å². The Morgan fingerprint density at radius 3 is 2.39 bits per heavy atom. The zero-order valence-electron chi connectivity index (χ0n) is 15.9. The van der Waals surface area contributed by atoms with Crippen LogP contribution in [-0.4, -0.2) is 49.8 Å². The highest BCUT2D eigenvalue weighted by Crippen LogP contribution is 2.09. The number of para-hydroxylation sites is 1. The normalized spacial score (nSPS) is 10.5. The lowest BCUT2D eigenvalue weighted by Crippen LogP contribution is -2.40. The van der Waals surface area contributed by atoms with Crippen LogP contribution in [0.4, 0.5) is 0 Å². The topological polar surface area (TPSA) is 95.0 Å². The molecule has 0 fully saturated rings. The molecule has 0 radical (unpaired) electrons. The first-order valence-corrected chi connectivity index (χ1v) is 8.96. The maximum Gasteiger partial charge on any atom is 0.251 e. The Kier molecular flexibility index (Phi) is 11.5. The molecule has 0 bridgehead atoms. The van der Waals surface area contributed by atoms with Gasteiger partial charge in [-0.2, -0.15) is 0 Å². The average molecular weight is 498 g/mol. The minimum absolute atomic E-state index is 0. The maximum absolute atomic E-state index is 12.0. The van der Waals surface area contributed by atoms with Crippen molar-refractivity contribution in [2.45, 2.75) is 6.92 Å². The summed E-state index contributed by atoms with van der Waals surface area (Å²) >= 11 is 0. The fourth-order valence-electron chi connectivity index (χ4n) is 2.25. The minimum Gasteiger partial charge on any atom is -0.508 e. The monoisotopic (exact) mass is 498 g/mol. The summed E-state index contributed by atoms with van der Waals surface area (Å²) in [6, 6.07) is 15.8. The van der Waals surface area contributed by atoms with Gasteiger partial charge in [0.05, 0.1) is 13.1 Å². The molecule has 0 saturated heterocycles. The summed E-state index contributed by atoms with van der Waals surface area (Å²) in [4.78, 5) is 16.4. The number of phenols is 1. The van der Waals surface area contributed by atoms with Crippen molar-refractivity contribution in [2.24, 2.45) is 4.99 Å². The van der Waals surface area contributed by atoms with Gasteiger partial charge in [-0.05, 0) is 43.3 Å².